The minimum absolute atomic E-state index is 0.127. The number of carbonyl (C=O) groups excluding carboxylic acids is 1. The zero-order valence-electron chi connectivity index (χ0n) is 11.4. The largest absolute Gasteiger partial charge is 0.480 e. The van der Waals surface area contributed by atoms with Crippen LogP contribution in [0.4, 0.5) is 0 Å². The van der Waals surface area contributed by atoms with Crippen molar-refractivity contribution in [1.82, 2.24) is 25.5 Å². The maximum absolute atomic E-state index is 11.6. The van der Waals surface area contributed by atoms with Gasteiger partial charge in [-0.2, -0.15) is 5.26 Å². The first-order valence-electron chi connectivity index (χ1n) is 6.31. The van der Waals surface area contributed by atoms with Crippen LogP contribution in [0.25, 0.3) is 0 Å². The second-order valence-electron chi connectivity index (χ2n) is 4.41. The number of benzene rings is 1. The molecule has 0 spiro atoms. The van der Waals surface area contributed by atoms with Crippen molar-refractivity contribution in [3.63, 3.8) is 0 Å². The Morgan fingerprint density at radius 1 is 1.41 bits per heavy atom. The molecule has 2 aromatic rings. The first kappa shape index (κ1) is 15.1. The van der Waals surface area contributed by atoms with E-state index in [4.69, 9.17) is 10.4 Å². The number of nitrogens with one attached hydrogen (secondary N) is 1. The summed E-state index contributed by atoms with van der Waals surface area (Å²) in [6, 6.07) is 8.99. The molecule has 0 saturated carbocycles. The maximum atomic E-state index is 11.6. The van der Waals surface area contributed by atoms with Crippen LogP contribution in [0.15, 0.2) is 24.3 Å². The van der Waals surface area contributed by atoms with Crippen LogP contribution in [0.2, 0.25) is 0 Å². The lowest BCUT2D eigenvalue weighted by molar-refractivity contribution is -0.137. The summed E-state index contributed by atoms with van der Waals surface area (Å²) in [6.45, 7) is -0.144. The number of aromatic nitrogens is 4. The highest BCUT2D eigenvalue weighted by molar-refractivity contribution is 5.82. The molecule has 1 heterocycles. The highest BCUT2D eigenvalue weighted by Gasteiger charge is 2.12. The zero-order chi connectivity index (χ0) is 15.9. The summed E-state index contributed by atoms with van der Waals surface area (Å²) in [6.07, 6.45) is -0.127. The Balaban J connectivity index is 2.04. The van der Waals surface area contributed by atoms with Crippen LogP contribution in [-0.4, -0.2) is 43.7 Å². The smallest absolute Gasteiger partial charge is 0.322 e. The fraction of sp³-hybridized carbons (Fsp3) is 0.231. The number of amides is 1. The Morgan fingerprint density at radius 3 is 2.95 bits per heavy atom. The molecule has 2 N–H and O–H groups in total. The van der Waals surface area contributed by atoms with E-state index in [9.17, 15) is 9.59 Å². The molecule has 0 aliphatic rings. The van der Waals surface area contributed by atoms with Gasteiger partial charge in [0.15, 0.2) is 5.82 Å². The number of hydrogen-bond acceptors (Lipinski definition) is 6. The highest BCUT2D eigenvalue weighted by atomic mass is 16.4. The molecular weight excluding hydrogens is 288 g/mol. The van der Waals surface area contributed by atoms with E-state index in [0.717, 1.165) is 5.56 Å². The molecule has 9 heteroatoms. The Kier molecular flexibility index (Phi) is 4.77. The quantitative estimate of drug-likeness (QED) is 0.723. The van der Waals surface area contributed by atoms with E-state index >= 15 is 0 Å². The number of carboxylic acids is 1. The summed E-state index contributed by atoms with van der Waals surface area (Å²) in [5.74, 6) is -1.30. The summed E-state index contributed by atoms with van der Waals surface area (Å²) in [5.41, 5.74) is 1.34. The number of aliphatic carboxylic acids is 1. The number of tetrazole rings is 1. The number of nitriles is 1. The third-order valence-corrected chi connectivity index (χ3v) is 2.75. The van der Waals surface area contributed by atoms with Crippen molar-refractivity contribution < 1.29 is 14.7 Å². The van der Waals surface area contributed by atoms with Crippen LogP contribution in [0, 0.1) is 11.3 Å². The molecule has 22 heavy (non-hydrogen) atoms. The maximum Gasteiger partial charge on any atom is 0.322 e. The van der Waals surface area contributed by atoms with Crippen molar-refractivity contribution in [3.05, 3.63) is 41.2 Å². The van der Waals surface area contributed by atoms with Gasteiger partial charge in [0.2, 0.25) is 5.91 Å². The lowest BCUT2D eigenvalue weighted by Crippen LogP contribution is -2.31. The number of nitrogens with zero attached hydrogens (tertiary/aromatic N) is 5. The van der Waals surface area contributed by atoms with Gasteiger partial charge in [0.05, 0.1) is 24.6 Å². The van der Waals surface area contributed by atoms with Crippen molar-refractivity contribution in [2.75, 3.05) is 6.54 Å². The van der Waals surface area contributed by atoms with E-state index < -0.39 is 18.4 Å². The standard InChI is InChI=1S/C13H12N6O3/c14-6-9-2-1-3-10(4-9)8-19-11(16-17-18-19)5-12(20)15-7-13(21)22/h1-4H,5,7-8H2,(H,15,20)(H,21,22). The highest BCUT2D eigenvalue weighted by Crippen LogP contribution is 2.07. The third-order valence-electron chi connectivity index (χ3n) is 2.75. The van der Waals surface area contributed by atoms with Gasteiger partial charge in [-0.3, -0.25) is 9.59 Å². The van der Waals surface area contributed by atoms with Crippen LogP contribution < -0.4 is 5.32 Å². The normalized spacial score (nSPS) is 9.95. The van der Waals surface area contributed by atoms with E-state index in [1.807, 2.05) is 12.1 Å². The Morgan fingerprint density at radius 2 is 2.23 bits per heavy atom. The summed E-state index contributed by atoms with van der Waals surface area (Å²) in [4.78, 5) is 22.0. The molecule has 1 aromatic heterocycles. The molecule has 0 saturated heterocycles. The number of carboxylic acid groups (broad SMARTS) is 1. The molecular formula is C13H12N6O3. The van der Waals surface area contributed by atoms with Crippen LogP contribution in [0.3, 0.4) is 0 Å². The molecule has 0 aliphatic carbocycles. The molecule has 0 bridgehead atoms. The Bertz CT molecular complexity index is 733. The Labute approximate surface area is 125 Å². The predicted molar refractivity (Wildman–Crippen MR) is 72.4 cm³/mol. The summed E-state index contributed by atoms with van der Waals surface area (Å²) < 4.78 is 1.43. The van der Waals surface area contributed by atoms with Crippen LogP contribution in [-0.2, 0) is 22.6 Å². The van der Waals surface area contributed by atoms with E-state index in [1.165, 1.54) is 4.68 Å². The SMILES string of the molecule is N#Cc1cccc(Cn2nnnc2CC(=O)NCC(=O)O)c1. The van der Waals surface area contributed by atoms with Crippen LogP contribution >= 0.6 is 0 Å². The minimum Gasteiger partial charge on any atom is -0.480 e. The lowest BCUT2D eigenvalue weighted by Gasteiger charge is -2.05. The monoisotopic (exact) mass is 300 g/mol. The van der Waals surface area contributed by atoms with E-state index in [2.05, 4.69) is 20.8 Å². The molecule has 112 valence electrons. The van der Waals surface area contributed by atoms with Crippen molar-refractivity contribution in [1.29, 1.82) is 5.26 Å². The average Bonchev–Trinajstić information content (AvgIpc) is 2.92. The van der Waals surface area contributed by atoms with Crippen molar-refractivity contribution >= 4 is 11.9 Å². The van der Waals surface area contributed by atoms with Gasteiger partial charge in [-0.1, -0.05) is 12.1 Å². The number of hydrogen-bond donors (Lipinski definition) is 2. The van der Waals surface area contributed by atoms with Crippen molar-refractivity contribution in [2.24, 2.45) is 0 Å². The van der Waals surface area contributed by atoms with Gasteiger partial charge in [0.25, 0.3) is 0 Å². The summed E-state index contributed by atoms with van der Waals surface area (Å²) in [7, 11) is 0. The molecule has 1 aromatic carbocycles. The molecule has 0 unspecified atom stereocenters. The lowest BCUT2D eigenvalue weighted by atomic mass is 10.1. The third kappa shape index (κ3) is 4.11. The first-order valence-corrected chi connectivity index (χ1v) is 6.31. The number of carbonyl (C=O) groups is 2. The molecule has 0 fully saturated rings. The van der Waals surface area contributed by atoms with Crippen LogP contribution in [0.5, 0.6) is 0 Å². The van der Waals surface area contributed by atoms with Gasteiger partial charge in [-0.15, -0.1) is 5.10 Å². The molecule has 0 atom stereocenters. The zero-order valence-corrected chi connectivity index (χ0v) is 11.4. The molecule has 2 rings (SSSR count). The minimum atomic E-state index is -1.12. The fourth-order valence-corrected chi connectivity index (χ4v) is 1.77. The fourth-order valence-electron chi connectivity index (χ4n) is 1.77. The van der Waals surface area contributed by atoms with E-state index in [-0.39, 0.29) is 6.42 Å². The van der Waals surface area contributed by atoms with E-state index in [1.54, 1.807) is 18.2 Å². The summed E-state index contributed by atoms with van der Waals surface area (Å²) in [5, 5.41) is 30.7. The molecule has 9 nitrogen and oxygen atoms in total. The van der Waals surface area contributed by atoms with Gasteiger partial charge in [-0.05, 0) is 28.1 Å². The topological polar surface area (TPSA) is 134 Å². The second kappa shape index (κ2) is 6.94. The van der Waals surface area contributed by atoms with Gasteiger partial charge in [0.1, 0.15) is 6.54 Å². The molecule has 0 aliphatic heterocycles. The second-order valence-corrected chi connectivity index (χ2v) is 4.41. The van der Waals surface area contributed by atoms with Crippen molar-refractivity contribution in [3.8, 4) is 6.07 Å². The van der Waals surface area contributed by atoms with Crippen molar-refractivity contribution in [2.45, 2.75) is 13.0 Å². The predicted octanol–water partition coefficient (Wildman–Crippen LogP) is -0.664. The van der Waals surface area contributed by atoms with E-state index in [0.29, 0.717) is 17.9 Å². The molecule has 0 radical (unpaired) electrons. The van der Waals surface area contributed by atoms with Gasteiger partial charge >= 0.3 is 5.97 Å². The van der Waals surface area contributed by atoms with Crippen LogP contribution in [0.1, 0.15) is 17.0 Å². The van der Waals surface area contributed by atoms with Gasteiger partial charge < -0.3 is 10.4 Å². The average molecular weight is 300 g/mol. The number of rotatable bonds is 6. The Hall–Kier alpha value is -3.28. The van der Waals surface area contributed by atoms with Gasteiger partial charge in [-0.25, -0.2) is 4.68 Å². The first-order chi connectivity index (χ1) is 10.6. The van der Waals surface area contributed by atoms with Gasteiger partial charge in [0, 0.05) is 0 Å². The summed E-state index contributed by atoms with van der Waals surface area (Å²) >= 11 is 0. The molecule has 1 amide bonds.